The molecular formula is C14H12FN3O. The van der Waals surface area contributed by atoms with Crippen LogP contribution in [0.25, 0.3) is 0 Å². The van der Waals surface area contributed by atoms with Crippen LogP contribution in [-0.2, 0) is 13.0 Å². The molecular weight excluding hydrogens is 245 g/mol. The van der Waals surface area contributed by atoms with Crippen LogP contribution in [0.3, 0.4) is 0 Å². The van der Waals surface area contributed by atoms with Crippen molar-refractivity contribution in [1.82, 2.24) is 14.9 Å². The zero-order chi connectivity index (χ0) is 13.2. The summed E-state index contributed by atoms with van der Waals surface area (Å²) in [4.78, 5) is 22.1. The van der Waals surface area contributed by atoms with Gasteiger partial charge >= 0.3 is 0 Å². The van der Waals surface area contributed by atoms with Crippen molar-refractivity contribution in [2.45, 2.75) is 13.0 Å². The van der Waals surface area contributed by atoms with Gasteiger partial charge in [0.2, 0.25) is 0 Å². The Morgan fingerprint density at radius 2 is 2.26 bits per heavy atom. The number of benzene rings is 1. The minimum atomic E-state index is -0.397. The molecule has 5 heteroatoms. The fourth-order valence-corrected chi connectivity index (χ4v) is 2.24. The summed E-state index contributed by atoms with van der Waals surface area (Å²) in [5, 5.41) is 0. The minimum Gasteiger partial charge on any atom is -0.334 e. The molecule has 0 spiro atoms. The van der Waals surface area contributed by atoms with E-state index in [9.17, 15) is 9.18 Å². The van der Waals surface area contributed by atoms with Gasteiger partial charge in [-0.15, -0.1) is 0 Å². The molecule has 0 saturated carbocycles. The van der Waals surface area contributed by atoms with Gasteiger partial charge in [0, 0.05) is 36.8 Å². The number of rotatable bonds is 1. The SMILES string of the molecule is O=C(c1cccc(F)c1)N1CCc2ncncc2C1. The van der Waals surface area contributed by atoms with E-state index in [2.05, 4.69) is 9.97 Å². The third-order valence-corrected chi connectivity index (χ3v) is 3.22. The molecule has 1 aromatic heterocycles. The number of hydrogen-bond donors (Lipinski definition) is 0. The average molecular weight is 257 g/mol. The first-order chi connectivity index (χ1) is 9.24. The molecule has 96 valence electrons. The normalized spacial score (nSPS) is 14.1. The van der Waals surface area contributed by atoms with Crippen LogP contribution >= 0.6 is 0 Å². The van der Waals surface area contributed by atoms with Gasteiger partial charge < -0.3 is 4.90 Å². The number of carbonyl (C=O) groups excluding carboxylic acids is 1. The first-order valence-electron chi connectivity index (χ1n) is 6.06. The van der Waals surface area contributed by atoms with Gasteiger partial charge in [-0.3, -0.25) is 4.79 Å². The fourth-order valence-electron chi connectivity index (χ4n) is 2.24. The zero-order valence-corrected chi connectivity index (χ0v) is 10.2. The van der Waals surface area contributed by atoms with Crippen LogP contribution in [0.5, 0.6) is 0 Å². The third kappa shape index (κ3) is 2.31. The molecule has 0 saturated heterocycles. The highest BCUT2D eigenvalue weighted by Gasteiger charge is 2.22. The van der Waals surface area contributed by atoms with E-state index < -0.39 is 5.82 Å². The van der Waals surface area contributed by atoms with Crippen molar-refractivity contribution in [1.29, 1.82) is 0 Å². The molecule has 0 atom stereocenters. The van der Waals surface area contributed by atoms with Crippen LogP contribution in [0, 0.1) is 5.82 Å². The van der Waals surface area contributed by atoms with Crippen molar-refractivity contribution >= 4 is 5.91 Å². The Morgan fingerprint density at radius 1 is 1.37 bits per heavy atom. The second kappa shape index (κ2) is 4.76. The predicted octanol–water partition coefficient (Wildman–Crippen LogP) is 1.81. The van der Waals surface area contributed by atoms with Gasteiger partial charge in [-0.2, -0.15) is 0 Å². The lowest BCUT2D eigenvalue weighted by Crippen LogP contribution is -2.36. The molecule has 0 bridgehead atoms. The monoisotopic (exact) mass is 257 g/mol. The average Bonchev–Trinajstić information content (AvgIpc) is 2.46. The van der Waals surface area contributed by atoms with Crippen molar-refractivity contribution in [3.8, 4) is 0 Å². The number of hydrogen-bond acceptors (Lipinski definition) is 3. The molecule has 1 aromatic carbocycles. The van der Waals surface area contributed by atoms with Crippen LogP contribution in [0.1, 0.15) is 21.6 Å². The van der Waals surface area contributed by atoms with Crippen molar-refractivity contribution in [2.75, 3.05) is 6.54 Å². The molecule has 0 radical (unpaired) electrons. The summed E-state index contributed by atoms with van der Waals surface area (Å²) in [5.41, 5.74) is 2.32. The molecule has 1 amide bonds. The third-order valence-electron chi connectivity index (χ3n) is 3.22. The molecule has 0 N–H and O–H groups in total. The smallest absolute Gasteiger partial charge is 0.254 e. The number of fused-ring (bicyclic) bond motifs is 1. The van der Waals surface area contributed by atoms with Gasteiger partial charge in [-0.25, -0.2) is 14.4 Å². The Hall–Kier alpha value is -2.30. The van der Waals surface area contributed by atoms with Crippen LogP contribution in [-0.4, -0.2) is 27.3 Å². The summed E-state index contributed by atoms with van der Waals surface area (Å²) < 4.78 is 13.1. The largest absolute Gasteiger partial charge is 0.334 e. The number of aromatic nitrogens is 2. The fraction of sp³-hybridized carbons (Fsp3) is 0.214. The lowest BCUT2D eigenvalue weighted by molar-refractivity contribution is 0.0732. The molecule has 1 aliphatic heterocycles. The van der Waals surface area contributed by atoms with E-state index in [1.165, 1.54) is 18.5 Å². The Balaban J connectivity index is 1.83. The Labute approximate surface area is 109 Å². The van der Waals surface area contributed by atoms with Gasteiger partial charge in [0.25, 0.3) is 5.91 Å². The Kier molecular flexibility index (Phi) is 2.95. The summed E-state index contributed by atoms with van der Waals surface area (Å²) in [6.45, 7) is 1.07. The second-order valence-electron chi connectivity index (χ2n) is 4.48. The van der Waals surface area contributed by atoms with Gasteiger partial charge in [0.05, 0.1) is 5.69 Å². The maximum absolute atomic E-state index is 13.1. The molecule has 0 fully saturated rings. The zero-order valence-electron chi connectivity index (χ0n) is 10.2. The van der Waals surface area contributed by atoms with Crippen LogP contribution < -0.4 is 0 Å². The van der Waals surface area contributed by atoms with E-state index in [1.807, 2.05) is 0 Å². The highest BCUT2D eigenvalue weighted by Crippen LogP contribution is 2.18. The second-order valence-corrected chi connectivity index (χ2v) is 4.48. The summed E-state index contributed by atoms with van der Waals surface area (Å²) in [6.07, 6.45) is 3.95. The molecule has 4 nitrogen and oxygen atoms in total. The Morgan fingerprint density at radius 3 is 3.11 bits per heavy atom. The summed E-state index contributed by atoms with van der Waals surface area (Å²) >= 11 is 0. The quantitative estimate of drug-likeness (QED) is 0.782. The maximum atomic E-state index is 13.1. The lowest BCUT2D eigenvalue weighted by atomic mass is 10.1. The highest BCUT2D eigenvalue weighted by atomic mass is 19.1. The van der Waals surface area contributed by atoms with Crippen LogP contribution in [0.2, 0.25) is 0 Å². The molecule has 1 aliphatic rings. The topological polar surface area (TPSA) is 46.1 Å². The highest BCUT2D eigenvalue weighted by molar-refractivity contribution is 5.94. The van der Waals surface area contributed by atoms with E-state index in [-0.39, 0.29) is 5.91 Å². The molecule has 3 rings (SSSR count). The summed E-state index contributed by atoms with van der Waals surface area (Å²) in [7, 11) is 0. The minimum absolute atomic E-state index is 0.158. The van der Waals surface area contributed by atoms with Crippen molar-refractivity contribution in [2.24, 2.45) is 0 Å². The molecule has 19 heavy (non-hydrogen) atoms. The van der Waals surface area contributed by atoms with Gasteiger partial charge in [0.15, 0.2) is 0 Å². The van der Waals surface area contributed by atoms with E-state index in [1.54, 1.807) is 23.2 Å². The number of carbonyl (C=O) groups is 1. The first kappa shape index (κ1) is 11.8. The van der Waals surface area contributed by atoms with Crippen molar-refractivity contribution in [3.05, 3.63) is 59.4 Å². The van der Waals surface area contributed by atoms with Crippen molar-refractivity contribution < 1.29 is 9.18 Å². The standard InChI is InChI=1S/C14H12FN3O/c15-12-3-1-2-10(6-12)14(19)18-5-4-13-11(8-18)7-16-9-17-13/h1-3,6-7,9H,4-5,8H2. The van der Waals surface area contributed by atoms with E-state index in [0.29, 0.717) is 25.1 Å². The van der Waals surface area contributed by atoms with Crippen LogP contribution in [0.15, 0.2) is 36.8 Å². The van der Waals surface area contributed by atoms with Crippen LogP contribution in [0.4, 0.5) is 4.39 Å². The van der Waals surface area contributed by atoms with Gasteiger partial charge in [-0.1, -0.05) is 6.07 Å². The van der Waals surface area contributed by atoms with E-state index in [0.717, 1.165) is 11.3 Å². The maximum Gasteiger partial charge on any atom is 0.254 e. The summed E-state index contributed by atoms with van der Waals surface area (Å²) in [5.74, 6) is -0.555. The molecule has 0 aliphatic carbocycles. The molecule has 2 aromatic rings. The molecule has 2 heterocycles. The first-order valence-corrected chi connectivity index (χ1v) is 6.06. The molecule has 0 unspecified atom stereocenters. The Bertz CT molecular complexity index is 630. The number of nitrogens with zero attached hydrogens (tertiary/aromatic N) is 3. The summed E-state index contributed by atoms with van der Waals surface area (Å²) in [6, 6.07) is 5.77. The lowest BCUT2D eigenvalue weighted by Gasteiger charge is -2.27. The van der Waals surface area contributed by atoms with Crippen molar-refractivity contribution in [3.63, 3.8) is 0 Å². The number of amides is 1. The van der Waals surface area contributed by atoms with E-state index >= 15 is 0 Å². The number of halogens is 1. The van der Waals surface area contributed by atoms with E-state index in [4.69, 9.17) is 0 Å². The van der Waals surface area contributed by atoms with Gasteiger partial charge in [0.1, 0.15) is 12.1 Å². The van der Waals surface area contributed by atoms with Gasteiger partial charge in [-0.05, 0) is 18.2 Å². The predicted molar refractivity (Wildman–Crippen MR) is 66.9 cm³/mol.